The zero-order valence-electron chi connectivity index (χ0n) is 18.2. The predicted octanol–water partition coefficient (Wildman–Crippen LogP) is 3.87. The lowest BCUT2D eigenvalue weighted by Gasteiger charge is -2.09. The maximum absolute atomic E-state index is 13.4. The van der Waals surface area contributed by atoms with E-state index < -0.39 is 0 Å². The van der Waals surface area contributed by atoms with Gasteiger partial charge in [0.05, 0.1) is 17.6 Å². The number of carbonyl (C=O) groups excluding carboxylic acids is 1. The van der Waals surface area contributed by atoms with Crippen molar-refractivity contribution in [2.24, 2.45) is 0 Å². The summed E-state index contributed by atoms with van der Waals surface area (Å²) >= 11 is 0. The van der Waals surface area contributed by atoms with Gasteiger partial charge < -0.3 is 25.1 Å². The number of para-hydroxylation sites is 2. The molecule has 0 unspecified atom stereocenters. The average Bonchev–Trinajstić information content (AvgIpc) is 3.44. The molecule has 8 nitrogen and oxygen atoms in total. The Morgan fingerprint density at radius 3 is 2.47 bits per heavy atom. The minimum absolute atomic E-state index is 0.204. The number of benzene rings is 3. The van der Waals surface area contributed by atoms with E-state index >= 15 is 0 Å². The lowest BCUT2D eigenvalue weighted by Crippen LogP contribution is -2.24. The summed E-state index contributed by atoms with van der Waals surface area (Å²) in [5.74, 6) is 1.39. The van der Waals surface area contributed by atoms with Crippen LogP contribution in [0.2, 0.25) is 0 Å². The van der Waals surface area contributed by atoms with E-state index in [9.17, 15) is 4.79 Å². The second-order valence-corrected chi connectivity index (χ2v) is 8.09. The van der Waals surface area contributed by atoms with Crippen molar-refractivity contribution in [3.05, 3.63) is 89.5 Å². The molecule has 5 aromatic rings. The molecule has 3 heterocycles. The summed E-state index contributed by atoms with van der Waals surface area (Å²) in [7, 11) is 0. The van der Waals surface area contributed by atoms with Gasteiger partial charge in [0.15, 0.2) is 17.1 Å². The number of nitrogens with two attached hydrogens (primary N) is 1. The van der Waals surface area contributed by atoms with E-state index in [-0.39, 0.29) is 12.7 Å². The molecule has 8 heteroatoms. The lowest BCUT2D eigenvalue weighted by molar-refractivity contribution is 0.0953. The normalized spacial score (nSPS) is 12.4. The Labute approximate surface area is 194 Å². The summed E-state index contributed by atoms with van der Waals surface area (Å²) in [6.45, 7) is 0.988. The summed E-state index contributed by atoms with van der Waals surface area (Å²) in [6.07, 6.45) is 0. The minimum Gasteiger partial charge on any atom is -0.454 e. The van der Waals surface area contributed by atoms with Crippen molar-refractivity contribution in [2.45, 2.75) is 13.1 Å². The standard InChI is InChI=1S/C26H21N5O3/c27-24-22(26(32)28-13-17-10-11-20-21(12-17)34-15-33-20)23-25(30-19-9-5-4-8-18(19)29-23)31(24)14-16-6-2-1-3-7-16/h1-12H,13-15,27H2,(H,28,32). The van der Waals surface area contributed by atoms with Gasteiger partial charge in [0, 0.05) is 6.54 Å². The van der Waals surface area contributed by atoms with Crippen molar-refractivity contribution in [3.8, 4) is 11.5 Å². The summed E-state index contributed by atoms with van der Waals surface area (Å²) in [4.78, 5) is 22.9. The number of nitrogens with zero attached hydrogens (tertiary/aromatic N) is 3. The fourth-order valence-corrected chi connectivity index (χ4v) is 4.19. The van der Waals surface area contributed by atoms with E-state index in [2.05, 4.69) is 5.32 Å². The topological polar surface area (TPSA) is 104 Å². The van der Waals surface area contributed by atoms with Crippen LogP contribution in [-0.2, 0) is 13.1 Å². The molecule has 0 aliphatic carbocycles. The Morgan fingerprint density at radius 2 is 1.65 bits per heavy atom. The highest BCUT2D eigenvalue weighted by molar-refractivity contribution is 6.10. The van der Waals surface area contributed by atoms with Crippen molar-refractivity contribution in [1.82, 2.24) is 19.9 Å². The molecule has 0 radical (unpaired) electrons. The summed E-state index contributed by atoms with van der Waals surface area (Å²) in [6, 6.07) is 23.1. The molecular weight excluding hydrogens is 430 g/mol. The number of carbonyl (C=O) groups is 1. The highest BCUT2D eigenvalue weighted by Gasteiger charge is 2.24. The predicted molar refractivity (Wildman–Crippen MR) is 129 cm³/mol. The molecule has 3 N–H and O–H groups in total. The van der Waals surface area contributed by atoms with Gasteiger partial charge in [0.25, 0.3) is 5.91 Å². The fraction of sp³-hybridized carbons (Fsp3) is 0.115. The van der Waals surface area contributed by atoms with E-state index in [1.807, 2.05) is 77.4 Å². The van der Waals surface area contributed by atoms with Gasteiger partial charge >= 0.3 is 0 Å². The fourth-order valence-electron chi connectivity index (χ4n) is 4.19. The van der Waals surface area contributed by atoms with Gasteiger partial charge in [-0.3, -0.25) is 4.79 Å². The molecular formula is C26H21N5O3. The Balaban J connectivity index is 1.39. The maximum atomic E-state index is 13.4. The third-order valence-electron chi connectivity index (χ3n) is 5.89. The van der Waals surface area contributed by atoms with Crippen LogP contribution in [0, 0.1) is 0 Å². The summed E-state index contributed by atoms with van der Waals surface area (Å²) < 4.78 is 12.6. The maximum Gasteiger partial charge on any atom is 0.257 e. The van der Waals surface area contributed by atoms with Crippen molar-refractivity contribution >= 4 is 33.9 Å². The first kappa shape index (κ1) is 20.0. The van der Waals surface area contributed by atoms with E-state index in [4.69, 9.17) is 25.2 Å². The van der Waals surface area contributed by atoms with Crippen LogP contribution < -0.4 is 20.5 Å². The molecule has 0 atom stereocenters. The quantitative estimate of drug-likeness (QED) is 0.420. The number of hydrogen-bond donors (Lipinski definition) is 2. The number of aromatic nitrogens is 3. The first-order chi connectivity index (χ1) is 16.7. The molecule has 1 amide bonds. The number of hydrogen-bond acceptors (Lipinski definition) is 6. The van der Waals surface area contributed by atoms with Crippen LogP contribution in [0.4, 0.5) is 5.82 Å². The Kier molecular flexibility index (Phi) is 4.76. The largest absolute Gasteiger partial charge is 0.454 e. The van der Waals surface area contributed by atoms with Crippen molar-refractivity contribution in [1.29, 1.82) is 0 Å². The lowest BCUT2D eigenvalue weighted by atomic mass is 10.2. The smallest absolute Gasteiger partial charge is 0.257 e. The number of anilines is 1. The van der Waals surface area contributed by atoms with Crippen molar-refractivity contribution in [2.75, 3.05) is 12.5 Å². The Morgan fingerprint density at radius 1 is 0.912 bits per heavy atom. The second-order valence-electron chi connectivity index (χ2n) is 8.09. The molecule has 34 heavy (non-hydrogen) atoms. The molecule has 0 bridgehead atoms. The van der Waals surface area contributed by atoms with Gasteiger partial charge in [0.1, 0.15) is 16.9 Å². The third kappa shape index (κ3) is 3.45. The van der Waals surface area contributed by atoms with Gasteiger partial charge in [-0.1, -0.05) is 48.5 Å². The number of amides is 1. The monoisotopic (exact) mass is 451 g/mol. The van der Waals surface area contributed by atoms with Gasteiger partial charge in [-0.05, 0) is 35.4 Å². The Hall–Kier alpha value is -4.59. The van der Waals surface area contributed by atoms with E-state index in [1.54, 1.807) is 0 Å². The van der Waals surface area contributed by atoms with Crippen LogP contribution in [0.15, 0.2) is 72.8 Å². The van der Waals surface area contributed by atoms with Crippen LogP contribution in [0.25, 0.3) is 22.2 Å². The molecule has 0 saturated carbocycles. The number of ether oxygens (including phenoxy) is 2. The van der Waals surface area contributed by atoms with Crippen LogP contribution in [0.5, 0.6) is 11.5 Å². The van der Waals surface area contributed by atoms with Gasteiger partial charge in [0.2, 0.25) is 6.79 Å². The van der Waals surface area contributed by atoms with Crippen LogP contribution in [-0.4, -0.2) is 27.2 Å². The van der Waals surface area contributed by atoms with E-state index in [0.717, 1.165) is 16.6 Å². The molecule has 168 valence electrons. The molecule has 3 aromatic carbocycles. The van der Waals surface area contributed by atoms with E-state index in [0.29, 0.717) is 52.7 Å². The number of nitrogen functional groups attached to an aromatic ring is 1. The minimum atomic E-state index is -0.309. The average molecular weight is 451 g/mol. The number of nitrogens with one attached hydrogen (secondary N) is 1. The van der Waals surface area contributed by atoms with E-state index in [1.165, 1.54) is 0 Å². The zero-order valence-corrected chi connectivity index (χ0v) is 18.2. The van der Waals surface area contributed by atoms with Crippen LogP contribution in [0.1, 0.15) is 21.5 Å². The number of fused-ring (bicyclic) bond motifs is 3. The molecule has 0 saturated heterocycles. The molecule has 6 rings (SSSR count). The highest BCUT2D eigenvalue weighted by atomic mass is 16.7. The van der Waals surface area contributed by atoms with Crippen molar-refractivity contribution in [3.63, 3.8) is 0 Å². The van der Waals surface area contributed by atoms with Crippen LogP contribution >= 0.6 is 0 Å². The second kappa shape index (κ2) is 8.08. The highest BCUT2D eigenvalue weighted by Crippen LogP contribution is 2.33. The molecule has 2 aromatic heterocycles. The summed E-state index contributed by atoms with van der Waals surface area (Å²) in [5.41, 5.74) is 11.3. The molecule has 0 fully saturated rings. The van der Waals surface area contributed by atoms with Gasteiger partial charge in [-0.25, -0.2) is 9.97 Å². The third-order valence-corrected chi connectivity index (χ3v) is 5.89. The molecule has 0 spiro atoms. The SMILES string of the molecule is Nc1c(C(=O)NCc2ccc3c(c2)OCO3)c2nc3ccccc3nc2n1Cc1ccccc1. The Bertz CT molecular complexity index is 1550. The van der Waals surface area contributed by atoms with Gasteiger partial charge in [-0.2, -0.15) is 0 Å². The molecule has 1 aliphatic heterocycles. The molecule has 1 aliphatic rings. The van der Waals surface area contributed by atoms with Crippen molar-refractivity contribution < 1.29 is 14.3 Å². The first-order valence-corrected chi connectivity index (χ1v) is 10.9. The number of rotatable bonds is 5. The zero-order chi connectivity index (χ0) is 23.1. The summed E-state index contributed by atoms with van der Waals surface area (Å²) in [5, 5.41) is 2.97. The van der Waals surface area contributed by atoms with Gasteiger partial charge in [-0.15, -0.1) is 0 Å². The first-order valence-electron chi connectivity index (χ1n) is 10.9. The van der Waals surface area contributed by atoms with Crippen LogP contribution in [0.3, 0.4) is 0 Å².